The Labute approximate surface area is 163 Å². The van der Waals surface area contributed by atoms with Crippen molar-refractivity contribution in [2.45, 2.75) is 71.1 Å². The lowest BCUT2D eigenvalue weighted by Gasteiger charge is -2.44. The minimum absolute atomic E-state index is 0.222. The number of carboxylic acid groups (broad SMARTS) is 1. The summed E-state index contributed by atoms with van der Waals surface area (Å²) in [6, 6.07) is 4.94. The largest absolute Gasteiger partial charge is 0.478 e. The molecule has 0 atom stereocenters. The summed E-state index contributed by atoms with van der Waals surface area (Å²) in [5, 5.41) is 8.85. The van der Waals surface area contributed by atoms with E-state index in [0.29, 0.717) is 0 Å². The number of nitrogens with zero attached hydrogens (tertiary/aromatic N) is 1. The van der Waals surface area contributed by atoms with Crippen molar-refractivity contribution in [3.8, 4) is 0 Å². The van der Waals surface area contributed by atoms with Crippen molar-refractivity contribution in [2.75, 3.05) is 18.0 Å². The molecule has 146 valence electrons. The molecule has 1 aliphatic carbocycles. The van der Waals surface area contributed by atoms with Crippen molar-refractivity contribution in [1.82, 2.24) is 0 Å². The van der Waals surface area contributed by atoms with Gasteiger partial charge in [0.05, 0.1) is 0 Å². The van der Waals surface area contributed by atoms with Gasteiger partial charge >= 0.3 is 5.97 Å². The molecule has 3 nitrogen and oxygen atoms in total. The van der Waals surface area contributed by atoms with Crippen molar-refractivity contribution < 1.29 is 9.90 Å². The summed E-state index contributed by atoms with van der Waals surface area (Å²) in [6.07, 6.45) is 10.0. The van der Waals surface area contributed by atoms with E-state index >= 15 is 0 Å². The average molecular weight is 368 g/mol. The summed E-state index contributed by atoms with van der Waals surface area (Å²) < 4.78 is 0. The molecule has 0 saturated carbocycles. The summed E-state index contributed by atoms with van der Waals surface area (Å²) in [6.45, 7) is 13.2. The topological polar surface area (TPSA) is 40.5 Å². The quantitative estimate of drug-likeness (QED) is 0.574. The van der Waals surface area contributed by atoms with Gasteiger partial charge in [0.25, 0.3) is 0 Å². The van der Waals surface area contributed by atoms with Gasteiger partial charge in [0.15, 0.2) is 0 Å². The Morgan fingerprint density at radius 3 is 2.41 bits per heavy atom. The minimum atomic E-state index is -0.892. The second-order valence-corrected chi connectivity index (χ2v) is 9.47. The molecule has 3 rings (SSSR count). The summed E-state index contributed by atoms with van der Waals surface area (Å²) in [7, 11) is 0. The van der Waals surface area contributed by atoms with E-state index in [2.05, 4.69) is 50.8 Å². The minimum Gasteiger partial charge on any atom is -0.478 e. The highest BCUT2D eigenvalue weighted by Gasteiger charge is 2.38. The maximum atomic E-state index is 10.8. The lowest BCUT2D eigenvalue weighted by atomic mass is 9.62. The normalized spacial score (nSPS) is 21.1. The first-order valence-corrected chi connectivity index (χ1v) is 10.1. The maximum Gasteiger partial charge on any atom is 0.328 e. The van der Waals surface area contributed by atoms with Crippen LogP contribution >= 0.6 is 0 Å². The van der Waals surface area contributed by atoms with Crippen LogP contribution in [0.3, 0.4) is 0 Å². The lowest BCUT2D eigenvalue weighted by Crippen LogP contribution is -2.36. The Morgan fingerprint density at radius 1 is 1.15 bits per heavy atom. The van der Waals surface area contributed by atoms with Gasteiger partial charge in [0.1, 0.15) is 0 Å². The number of allylic oxidation sites excluding steroid dienone is 2. The number of hydrogen-bond acceptors (Lipinski definition) is 2. The third kappa shape index (κ3) is 4.12. The van der Waals surface area contributed by atoms with Crippen LogP contribution in [0.4, 0.5) is 5.69 Å². The van der Waals surface area contributed by atoms with Gasteiger partial charge in [-0.1, -0.05) is 45.9 Å². The Bertz CT molecular complexity index is 799. The van der Waals surface area contributed by atoms with E-state index in [1.54, 1.807) is 0 Å². The molecule has 0 unspecified atom stereocenters. The van der Waals surface area contributed by atoms with E-state index in [9.17, 15) is 4.79 Å². The lowest BCUT2D eigenvalue weighted by molar-refractivity contribution is -0.131. The highest BCUT2D eigenvalue weighted by atomic mass is 16.4. The zero-order chi connectivity index (χ0) is 19.8. The number of rotatable bonds is 4. The van der Waals surface area contributed by atoms with E-state index in [0.717, 1.165) is 25.1 Å². The van der Waals surface area contributed by atoms with Crippen LogP contribution in [-0.2, 0) is 22.0 Å². The van der Waals surface area contributed by atoms with E-state index in [-0.39, 0.29) is 10.8 Å². The van der Waals surface area contributed by atoms with Gasteiger partial charge in [-0.15, -0.1) is 0 Å². The number of anilines is 1. The van der Waals surface area contributed by atoms with Crippen molar-refractivity contribution in [3.63, 3.8) is 0 Å². The van der Waals surface area contributed by atoms with Crippen LogP contribution in [0.15, 0.2) is 35.9 Å². The first-order valence-electron chi connectivity index (χ1n) is 10.1. The highest BCUT2D eigenvalue weighted by Crippen LogP contribution is 2.48. The van der Waals surface area contributed by atoms with Crippen molar-refractivity contribution in [3.05, 3.63) is 52.6 Å². The fraction of sp³-hybridized carbons (Fsp3) is 0.542. The zero-order valence-corrected chi connectivity index (χ0v) is 17.4. The van der Waals surface area contributed by atoms with Crippen LogP contribution in [0.2, 0.25) is 0 Å². The average Bonchev–Trinajstić information content (AvgIpc) is 2.57. The predicted molar refractivity (Wildman–Crippen MR) is 113 cm³/mol. The molecule has 3 heteroatoms. The van der Waals surface area contributed by atoms with E-state index in [4.69, 9.17) is 5.11 Å². The van der Waals surface area contributed by atoms with Crippen molar-refractivity contribution >= 4 is 11.7 Å². The molecule has 1 aromatic rings. The molecule has 1 heterocycles. The van der Waals surface area contributed by atoms with Crippen LogP contribution in [-0.4, -0.2) is 24.2 Å². The molecule has 0 bridgehead atoms. The zero-order valence-electron chi connectivity index (χ0n) is 17.4. The smallest absolute Gasteiger partial charge is 0.328 e. The fourth-order valence-corrected chi connectivity index (χ4v) is 4.52. The molecular formula is C24H33NO2. The Morgan fingerprint density at radius 2 is 1.78 bits per heavy atom. The molecule has 2 aliphatic rings. The highest BCUT2D eigenvalue weighted by molar-refractivity contribution is 5.81. The molecule has 0 saturated heterocycles. The second-order valence-electron chi connectivity index (χ2n) is 9.47. The molecule has 0 spiro atoms. The van der Waals surface area contributed by atoms with Gasteiger partial charge in [-0.2, -0.15) is 0 Å². The van der Waals surface area contributed by atoms with Gasteiger partial charge in [-0.3, -0.25) is 0 Å². The Kier molecular flexibility index (Phi) is 5.24. The van der Waals surface area contributed by atoms with E-state index in [1.807, 2.05) is 13.0 Å². The third-order valence-corrected chi connectivity index (χ3v) is 6.32. The number of aryl methyl sites for hydroxylation is 1. The second kappa shape index (κ2) is 7.18. The molecule has 0 amide bonds. The van der Waals surface area contributed by atoms with Gasteiger partial charge < -0.3 is 10.0 Å². The first kappa shape index (κ1) is 19.7. The van der Waals surface area contributed by atoms with Gasteiger partial charge in [-0.05, 0) is 71.8 Å². The molecule has 0 radical (unpaired) electrons. The molecule has 1 aromatic carbocycles. The van der Waals surface area contributed by atoms with Gasteiger partial charge in [0.2, 0.25) is 0 Å². The summed E-state index contributed by atoms with van der Waals surface area (Å²) >= 11 is 0. The number of fused-ring (bicyclic) bond motifs is 2. The first-order chi connectivity index (χ1) is 12.6. The van der Waals surface area contributed by atoms with E-state index in [1.165, 1.54) is 47.7 Å². The number of benzene rings is 1. The summed E-state index contributed by atoms with van der Waals surface area (Å²) in [4.78, 5) is 13.2. The number of aliphatic carboxylic acids is 1. The SMILES string of the molecule is CC(/C=C/CN1CCCc2cc3c(cc21)C(C)(C)CCC3(C)C)=C\C(=O)O. The maximum absolute atomic E-state index is 10.8. The number of carbonyl (C=O) groups is 1. The number of carboxylic acids is 1. The van der Waals surface area contributed by atoms with Crippen molar-refractivity contribution in [2.24, 2.45) is 0 Å². The van der Waals surface area contributed by atoms with Crippen LogP contribution in [0.25, 0.3) is 0 Å². The summed E-state index contributed by atoms with van der Waals surface area (Å²) in [5.41, 5.74) is 7.13. The fourth-order valence-electron chi connectivity index (χ4n) is 4.52. The summed E-state index contributed by atoms with van der Waals surface area (Å²) in [5.74, 6) is -0.892. The van der Waals surface area contributed by atoms with Crippen LogP contribution in [0.5, 0.6) is 0 Å². The molecule has 0 aromatic heterocycles. The predicted octanol–water partition coefficient (Wildman–Crippen LogP) is 5.38. The Balaban J connectivity index is 1.92. The Hall–Kier alpha value is -2.03. The monoisotopic (exact) mass is 367 g/mol. The molecule has 1 N–H and O–H groups in total. The number of hydrogen-bond donors (Lipinski definition) is 1. The molecular weight excluding hydrogens is 334 g/mol. The van der Waals surface area contributed by atoms with E-state index < -0.39 is 5.97 Å². The van der Waals surface area contributed by atoms with Gasteiger partial charge in [-0.25, -0.2) is 4.79 Å². The van der Waals surface area contributed by atoms with Crippen LogP contribution in [0.1, 0.15) is 70.6 Å². The molecule has 1 aliphatic heterocycles. The van der Waals surface area contributed by atoms with Gasteiger partial charge in [0, 0.05) is 24.9 Å². The molecule has 0 fully saturated rings. The van der Waals surface area contributed by atoms with Crippen LogP contribution < -0.4 is 4.90 Å². The van der Waals surface area contributed by atoms with Crippen LogP contribution in [0, 0.1) is 0 Å². The standard InChI is InChI=1S/C24H33NO2/c1-17(14-22(26)27)8-6-12-25-13-7-9-18-15-19-20(16-21(18)25)24(4,5)11-10-23(19,2)3/h6,8,14-16H,7,9-13H2,1-5H3,(H,26,27)/b8-6+,17-14+. The third-order valence-electron chi connectivity index (χ3n) is 6.32. The van der Waals surface area contributed by atoms with Crippen molar-refractivity contribution in [1.29, 1.82) is 0 Å². The molecule has 27 heavy (non-hydrogen) atoms.